The molecule has 1 atom stereocenters. The van der Waals surface area contributed by atoms with E-state index in [4.69, 9.17) is 4.74 Å². The summed E-state index contributed by atoms with van der Waals surface area (Å²) in [6.45, 7) is 7.41. The molecule has 0 aromatic heterocycles. The monoisotopic (exact) mass is 278 g/mol. The number of nitrogens with one attached hydrogen (secondary N) is 1. The number of hydrogen-bond acceptors (Lipinski definition) is 4. The third kappa shape index (κ3) is 5.49. The third-order valence-corrected chi connectivity index (χ3v) is 3.65. The first-order valence-electron chi connectivity index (χ1n) is 7.54. The molecule has 2 rings (SSSR count). The summed E-state index contributed by atoms with van der Waals surface area (Å²) >= 11 is 0. The normalized spacial score (nSPS) is 17.3. The van der Waals surface area contributed by atoms with Crippen molar-refractivity contribution >= 4 is 0 Å². The molecule has 1 fully saturated rings. The lowest BCUT2D eigenvalue weighted by molar-refractivity contribution is 0.106. The van der Waals surface area contributed by atoms with E-state index in [2.05, 4.69) is 10.2 Å². The van der Waals surface area contributed by atoms with Gasteiger partial charge in [0.2, 0.25) is 0 Å². The molecule has 4 heteroatoms. The van der Waals surface area contributed by atoms with E-state index in [9.17, 15) is 5.11 Å². The first kappa shape index (κ1) is 15.3. The zero-order chi connectivity index (χ0) is 14.2. The zero-order valence-corrected chi connectivity index (χ0v) is 12.3. The van der Waals surface area contributed by atoms with E-state index in [1.54, 1.807) is 0 Å². The van der Waals surface area contributed by atoms with Crippen molar-refractivity contribution in [2.75, 3.05) is 39.3 Å². The fourth-order valence-corrected chi connectivity index (χ4v) is 2.40. The molecule has 2 N–H and O–H groups in total. The van der Waals surface area contributed by atoms with Gasteiger partial charge in [0.25, 0.3) is 0 Å². The number of aryl methyl sites for hydroxylation is 1. The third-order valence-electron chi connectivity index (χ3n) is 3.65. The fourth-order valence-electron chi connectivity index (χ4n) is 2.40. The number of hydrogen-bond donors (Lipinski definition) is 2. The van der Waals surface area contributed by atoms with E-state index < -0.39 is 6.10 Å². The first-order chi connectivity index (χ1) is 9.74. The van der Waals surface area contributed by atoms with Crippen molar-refractivity contribution in [1.29, 1.82) is 0 Å². The van der Waals surface area contributed by atoms with Gasteiger partial charge in [-0.2, -0.15) is 0 Å². The molecule has 1 unspecified atom stereocenters. The molecule has 1 saturated heterocycles. The molecule has 0 saturated carbocycles. The molecular weight excluding hydrogens is 252 g/mol. The van der Waals surface area contributed by atoms with E-state index in [0.717, 1.165) is 18.8 Å². The van der Waals surface area contributed by atoms with Crippen molar-refractivity contribution in [3.8, 4) is 5.75 Å². The van der Waals surface area contributed by atoms with Crippen LogP contribution < -0.4 is 10.1 Å². The smallest absolute Gasteiger partial charge is 0.119 e. The maximum atomic E-state index is 9.86. The Hall–Kier alpha value is -1.10. The molecule has 1 aliphatic heterocycles. The summed E-state index contributed by atoms with van der Waals surface area (Å²) < 4.78 is 5.55. The van der Waals surface area contributed by atoms with Crippen LogP contribution >= 0.6 is 0 Å². The van der Waals surface area contributed by atoms with Crippen LogP contribution in [0.1, 0.15) is 18.4 Å². The van der Waals surface area contributed by atoms with Gasteiger partial charge in [-0.25, -0.2) is 0 Å². The topological polar surface area (TPSA) is 44.7 Å². The van der Waals surface area contributed by atoms with E-state index in [1.807, 2.05) is 31.2 Å². The molecule has 0 amide bonds. The summed E-state index contributed by atoms with van der Waals surface area (Å²) in [5.74, 6) is 0.812. The molecule has 4 nitrogen and oxygen atoms in total. The molecule has 1 aromatic carbocycles. The van der Waals surface area contributed by atoms with Crippen molar-refractivity contribution in [1.82, 2.24) is 10.2 Å². The maximum Gasteiger partial charge on any atom is 0.119 e. The summed E-state index contributed by atoms with van der Waals surface area (Å²) in [5.41, 5.74) is 1.21. The predicted molar refractivity (Wildman–Crippen MR) is 81.2 cm³/mol. The second kappa shape index (κ2) is 8.25. The van der Waals surface area contributed by atoms with Gasteiger partial charge in [-0.1, -0.05) is 17.7 Å². The number of rotatable bonds is 8. The number of ether oxygens (including phenoxy) is 1. The molecule has 0 radical (unpaired) electrons. The maximum absolute atomic E-state index is 9.86. The number of nitrogens with zero attached hydrogens (tertiary/aromatic N) is 1. The Morgan fingerprint density at radius 2 is 1.95 bits per heavy atom. The van der Waals surface area contributed by atoms with Gasteiger partial charge in [0.15, 0.2) is 0 Å². The van der Waals surface area contributed by atoms with Crippen molar-refractivity contribution in [3.63, 3.8) is 0 Å². The summed E-state index contributed by atoms with van der Waals surface area (Å²) in [4.78, 5) is 2.46. The van der Waals surface area contributed by atoms with Gasteiger partial charge in [0, 0.05) is 19.6 Å². The van der Waals surface area contributed by atoms with Gasteiger partial charge >= 0.3 is 0 Å². The molecule has 1 aromatic rings. The van der Waals surface area contributed by atoms with Gasteiger partial charge in [0.1, 0.15) is 18.5 Å². The lowest BCUT2D eigenvalue weighted by Crippen LogP contribution is -2.36. The highest BCUT2D eigenvalue weighted by Crippen LogP contribution is 2.11. The second-order valence-electron chi connectivity index (χ2n) is 5.53. The molecule has 1 aliphatic rings. The standard InChI is InChI=1S/C16H26N2O2/c1-14-4-6-16(7-5-14)20-13-15(19)12-17-8-11-18-9-2-3-10-18/h4-7,15,17,19H,2-3,8-13H2,1H3. The Kier molecular flexibility index (Phi) is 6.30. The van der Waals surface area contributed by atoms with Crippen LogP contribution in [0.4, 0.5) is 0 Å². The van der Waals surface area contributed by atoms with Gasteiger partial charge < -0.3 is 20.1 Å². The summed E-state index contributed by atoms with van der Waals surface area (Å²) in [5, 5.41) is 13.1. The fraction of sp³-hybridized carbons (Fsp3) is 0.625. The second-order valence-corrected chi connectivity index (χ2v) is 5.53. The minimum atomic E-state index is -0.463. The molecule has 112 valence electrons. The molecular formula is C16H26N2O2. The predicted octanol–water partition coefficient (Wildman–Crippen LogP) is 1.42. The van der Waals surface area contributed by atoms with E-state index in [1.165, 1.54) is 31.5 Å². The molecule has 0 spiro atoms. The Morgan fingerprint density at radius 3 is 2.65 bits per heavy atom. The number of benzene rings is 1. The van der Waals surface area contributed by atoms with Crippen molar-refractivity contribution in [2.45, 2.75) is 25.9 Å². The van der Waals surface area contributed by atoms with E-state index in [0.29, 0.717) is 13.2 Å². The summed E-state index contributed by atoms with van der Waals surface area (Å²) in [7, 11) is 0. The molecule has 20 heavy (non-hydrogen) atoms. The van der Waals surface area contributed by atoms with Gasteiger partial charge in [-0.3, -0.25) is 0 Å². The Bertz CT molecular complexity index is 375. The Balaban J connectivity index is 1.53. The van der Waals surface area contributed by atoms with Crippen LogP contribution in [0.15, 0.2) is 24.3 Å². The van der Waals surface area contributed by atoms with E-state index in [-0.39, 0.29) is 0 Å². The van der Waals surface area contributed by atoms with Crippen LogP contribution in [-0.4, -0.2) is 55.4 Å². The average Bonchev–Trinajstić information content (AvgIpc) is 2.96. The molecule has 1 heterocycles. The zero-order valence-electron chi connectivity index (χ0n) is 12.3. The van der Waals surface area contributed by atoms with Gasteiger partial charge in [0.05, 0.1) is 0 Å². The first-order valence-corrected chi connectivity index (χ1v) is 7.54. The highest BCUT2D eigenvalue weighted by Gasteiger charge is 2.10. The number of aliphatic hydroxyl groups excluding tert-OH is 1. The minimum Gasteiger partial charge on any atom is -0.491 e. The largest absolute Gasteiger partial charge is 0.491 e. The average molecular weight is 278 g/mol. The van der Waals surface area contributed by atoms with Crippen LogP contribution in [0.25, 0.3) is 0 Å². The summed E-state index contributed by atoms with van der Waals surface area (Å²) in [6, 6.07) is 7.89. The van der Waals surface area contributed by atoms with Crippen LogP contribution in [-0.2, 0) is 0 Å². The minimum absolute atomic E-state index is 0.333. The Morgan fingerprint density at radius 1 is 1.25 bits per heavy atom. The highest BCUT2D eigenvalue weighted by molar-refractivity contribution is 5.26. The number of aliphatic hydroxyl groups is 1. The lowest BCUT2D eigenvalue weighted by Gasteiger charge is -2.16. The van der Waals surface area contributed by atoms with E-state index >= 15 is 0 Å². The quantitative estimate of drug-likeness (QED) is 0.706. The van der Waals surface area contributed by atoms with Crippen LogP contribution in [0.5, 0.6) is 5.75 Å². The van der Waals surface area contributed by atoms with Crippen LogP contribution in [0, 0.1) is 6.92 Å². The highest BCUT2D eigenvalue weighted by atomic mass is 16.5. The van der Waals surface area contributed by atoms with Crippen molar-refractivity contribution in [2.24, 2.45) is 0 Å². The van der Waals surface area contributed by atoms with Gasteiger partial charge in [-0.15, -0.1) is 0 Å². The van der Waals surface area contributed by atoms with Crippen molar-refractivity contribution in [3.05, 3.63) is 29.8 Å². The SMILES string of the molecule is Cc1ccc(OCC(O)CNCCN2CCCC2)cc1. The van der Waals surface area contributed by atoms with Crippen LogP contribution in [0.3, 0.4) is 0 Å². The van der Waals surface area contributed by atoms with Gasteiger partial charge in [-0.05, 0) is 45.0 Å². The summed E-state index contributed by atoms with van der Waals surface area (Å²) in [6.07, 6.45) is 2.19. The lowest BCUT2D eigenvalue weighted by atomic mass is 10.2. The molecule has 0 bridgehead atoms. The number of likely N-dealkylation sites (tertiary alicyclic amines) is 1. The Labute approximate surface area is 121 Å². The van der Waals surface area contributed by atoms with Crippen molar-refractivity contribution < 1.29 is 9.84 Å². The van der Waals surface area contributed by atoms with Crippen LogP contribution in [0.2, 0.25) is 0 Å². The molecule has 0 aliphatic carbocycles.